The van der Waals surface area contributed by atoms with Crippen molar-refractivity contribution in [2.24, 2.45) is 5.92 Å². The van der Waals surface area contributed by atoms with Gasteiger partial charge in [-0.25, -0.2) is 9.59 Å². The zero-order valence-electron chi connectivity index (χ0n) is 39.5. The first kappa shape index (κ1) is 52.4. The lowest BCUT2D eigenvalue weighted by atomic mass is 9.83. The second-order valence-corrected chi connectivity index (χ2v) is 20.7. The number of fused-ring (bicyclic) bond motifs is 5. The van der Waals surface area contributed by atoms with E-state index in [9.17, 15) is 33.9 Å². The Kier molecular flexibility index (Phi) is 17.5. The standard InChI is InChI=1S/C46H60ClN7O12S2/c1-27-12-11-13-35(63-8)46(61)24-34(64-44(60)48-46)28(2)42-45(4,66-42)36(23-40(58)52(6)32-21-30(20-27)22-33(62-7)41(32)47)65-43(59)29(3)51(5)37(55)16-19-68-67-18-10-9-17-53-25-31(49-50-53)26-54-38(56)14-15-39(54)57/h11-15,21-22,25,28-29,34-36,42,61H,9-10,16-20,23-24,26H2,1-8H3,(H,48,60)/b13-11+,27-12+/t28-,29+,34+,35-,36+,42+,45+,46+/m1/s1. The maximum Gasteiger partial charge on any atom is 0.409 e. The van der Waals surface area contributed by atoms with Crippen LogP contribution in [0, 0.1) is 5.92 Å². The van der Waals surface area contributed by atoms with Gasteiger partial charge in [-0.05, 0) is 57.7 Å². The van der Waals surface area contributed by atoms with Crippen molar-refractivity contribution >= 4 is 74.6 Å². The Morgan fingerprint density at radius 3 is 2.54 bits per heavy atom. The number of carbonyl (C=O) groups is 6. The molecular weight excluding hydrogens is 942 g/mol. The van der Waals surface area contributed by atoms with E-state index in [1.807, 2.05) is 13.0 Å². The van der Waals surface area contributed by atoms with E-state index in [-0.39, 0.29) is 48.6 Å². The number of amides is 5. The van der Waals surface area contributed by atoms with Gasteiger partial charge >= 0.3 is 12.1 Å². The molecule has 4 aliphatic rings. The lowest BCUT2D eigenvalue weighted by Crippen LogP contribution is -2.63. The Balaban J connectivity index is 1.08. The smallest absolute Gasteiger partial charge is 0.409 e. The molecule has 1 aromatic carbocycles. The quantitative estimate of drug-likeness (QED) is 0.0759. The summed E-state index contributed by atoms with van der Waals surface area (Å²) < 4.78 is 31.1. The minimum atomic E-state index is -1.85. The number of alkyl carbamates (subject to hydrolysis) is 1. The number of unbranched alkanes of at least 4 members (excludes halogenated alkanes) is 1. The second-order valence-electron chi connectivity index (χ2n) is 17.6. The zero-order valence-corrected chi connectivity index (χ0v) is 41.9. The van der Waals surface area contributed by atoms with E-state index in [1.165, 1.54) is 43.2 Å². The predicted octanol–water partition coefficient (Wildman–Crippen LogP) is 4.78. The van der Waals surface area contributed by atoms with Crippen molar-refractivity contribution in [3.05, 3.63) is 70.6 Å². The fourth-order valence-electron chi connectivity index (χ4n) is 8.35. The summed E-state index contributed by atoms with van der Waals surface area (Å²) in [6.07, 6.45) is 6.76. The highest BCUT2D eigenvalue weighted by molar-refractivity contribution is 8.76. The van der Waals surface area contributed by atoms with E-state index in [0.717, 1.165) is 34.6 Å². The van der Waals surface area contributed by atoms with E-state index in [2.05, 4.69) is 15.6 Å². The van der Waals surface area contributed by atoms with Crippen molar-refractivity contribution in [3.63, 3.8) is 0 Å². The fourth-order valence-corrected chi connectivity index (χ4v) is 10.8. The summed E-state index contributed by atoms with van der Waals surface area (Å²) in [5, 5.41) is 22.7. The summed E-state index contributed by atoms with van der Waals surface area (Å²) in [6, 6.07) is 2.55. The number of hydrogen-bond donors (Lipinski definition) is 2. The van der Waals surface area contributed by atoms with Crippen LogP contribution in [-0.2, 0) is 62.4 Å². The van der Waals surface area contributed by atoms with Gasteiger partial charge in [0.05, 0.1) is 38.1 Å². The van der Waals surface area contributed by atoms with Gasteiger partial charge in [0.25, 0.3) is 11.8 Å². The molecule has 2 N–H and O–H groups in total. The number of aryl methyl sites for hydroxylation is 1. The molecule has 0 unspecified atom stereocenters. The molecule has 1 aromatic heterocycles. The first-order valence-electron chi connectivity index (χ1n) is 22.3. The lowest BCUT2D eigenvalue weighted by molar-refractivity contribution is -0.162. The summed E-state index contributed by atoms with van der Waals surface area (Å²) in [6.45, 7) is 7.67. The van der Waals surface area contributed by atoms with E-state index in [4.69, 9.17) is 35.3 Å². The van der Waals surface area contributed by atoms with E-state index < -0.39 is 65.7 Å². The predicted molar refractivity (Wildman–Crippen MR) is 254 cm³/mol. The Morgan fingerprint density at radius 2 is 1.84 bits per heavy atom. The van der Waals surface area contributed by atoms with E-state index in [1.54, 1.807) is 84.6 Å². The molecule has 4 bridgehead atoms. The highest BCUT2D eigenvalue weighted by Gasteiger charge is 2.64. The number of likely N-dealkylation sites (N-methyl/N-ethyl adjacent to an activating group) is 1. The van der Waals surface area contributed by atoms with Crippen molar-refractivity contribution in [2.75, 3.05) is 44.7 Å². The SMILES string of the molecule is COc1cc2cc(c1Cl)N(C)C(=O)C[C@H](OC(=O)[C@H](C)N(C)C(=O)CCSSCCCCn1cc(CN3C(=O)C=CC3=O)nn1)[C@]1(C)O[C@H]1[C@H](C)[C@@H]1C[C@@](O)(NC(=O)O1)[C@H](OC)/C=C/C=C(\C)C2. The van der Waals surface area contributed by atoms with Crippen LogP contribution in [0.15, 0.2) is 54.3 Å². The molecule has 4 aliphatic heterocycles. The van der Waals surface area contributed by atoms with Gasteiger partial charge in [0.1, 0.15) is 46.4 Å². The highest BCUT2D eigenvalue weighted by atomic mass is 35.5. The van der Waals surface area contributed by atoms with Crippen molar-refractivity contribution in [2.45, 2.75) is 121 Å². The summed E-state index contributed by atoms with van der Waals surface area (Å²) >= 11 is 6.81. The molecule has 0 radical (unpaired) electrons. The molecule has 5 heterocycles. The Morgan fingerprint density at radius 1 is 1.12 bits per heavy atom. The number of nitrogens with zero attached hydrogens (tertiary/aromatic N) is 6. The van der Waals surface area contributed by atoms with E-state index >= 15 is 0 Å². The molecule has 2 fully saturated rings. The first-order chi connectivity index (χ1) is 32.3. The maximum atomic E-state index is 14.3. The van der Waals surface area contributed by atoms with Gasteiger partial charge < -0.3 is 38.6 Å². The summed E-state index contributed by atoms with van der Waals surface area (Å²) in [5.41, 5.74) is -0.500. The molecule has 2 saturated heterocycles. The number of nitrogens with one attached hydrogen (secondary N) is 1. The molecule has 19 nitrogen and oxygen atoms in total. The molecule has 0 aliphatic carbocycles. The lowest BCUT2D eigenvalue weighted by Gasteiger charge is -2.42. The van der Waals surface area contributed by atoms with Gasteiger partial charge in [-0.3, -0.25) is 34.1 Å². The molecular formula is C46H60ClN7O12S2. The van der Waals surface area contributed by atoms with Gasteiger partial charge in [-0.15, -0.1) is 5.10 Å². The topological polar surface area (TPSA) is 225 Å². The number of halogens is 1. The third-order valence-corrected chi connectivity index (χ3v) is 15.6. The number of epoxide rings is 1. The van der Waals surface area contributed by atoms with Crippen molar-refractivity contribution in [3.8, 4) is 5.75 Å². The van der Waals surface area contributed by atoms with Gasteiger partial charge in [0.2, 0.25) is 11.8 Å². The Bertz CT molecular complexity index is 2310. The van der Waals surface area contributed by atoms with Crippen LogP contribution in [0.1, 0.15) is 71.1 Å². The first-order valence-corrected chi connectivity index (χ1v) is 25.2. The minimum Gasteiger partial charge on any atom is -0.495 e. The molecule has 8 atom stereocenters. The number of allylic oxidation sites excluding steroid dienone is 3. The number of esters is 1. The van der Waals surface area contributed by atoms with Crippen LogP contribution in [0.4, 0.5) is 10.5 Å². The average molecular weight is 1000 g/mol. The number of ether oxygens (including phenoxy) is 5. The molecule has 6 rings (SSSR count). The Hall–Kier alpha value is -4.93. The molecule has 2 aromatic rings. The number of aromatic nitrogens is 3. The molecule has 22 heteroatoms. The Labute approximate surface area is 408 Å². The molecule has 68 heavy (non-hydrogen) atoms. The molecule has 0 spiro atoms. The molecule has 370 valence electrons. The monoisotopic (exact) mass is 1000 g/mol. The van der Waals surface area contributed by atoms with Crippen LogP contribution in [0.3, 0.4) is 0 Å². The number of rotatable bonds is 16. The van der Waals surface area contributed by atoms with Crippen LogP contribution in [0.5, 0.6) is 5.75 Å². The maximum absolute atomic E-state index is 14.3. The fraction of sp³-hybridized carbons (Fsp3) is 0.565. The highest BCUT2D eigenvalue weighted by Crippen LogP contribution is 2.49. The average Bonchev–Trinajstić information content (AvgIpc) is 3.62. The van der Waals surface area contributed by atoms with Crippen LogP contribution < -0.4 is 15.0 Å². The number of imide groups is 1. The van der Waals surface area contributed by atoms with Gasteiger partial charge in [-0.1, -0.05) is 69.1 Å². The minimum absolute atomic E-state index is 0.0709. The number of anilines is 1. The van der Waals surface area contributed by atoms with Crippen molar-refractivity contribution < 1.29 is 57.6 Å². The number of hydrogen-bond acceptors (Lipinski definition) is 16. The number of aliphatic hydroxyl groups is 1. The van der Waals surface area contributed by atoms with Crippen LogP contribution >= 0.6 is 33.2 Å². The van der Waals surface area contributed by atoms with Gasteiger partial charge in [0, 0.05) is 70.2 Å². The second kappa shape index (κ2) is 22.7. The largest absolute Gasteiger partial charge is 0.495 e. The molecule has 0 saturated carbocycles. The third kappa shape index (κ3) is 12.4. The van der Waals surface area contributed by atoms with E-state index in [0.29, 0.717) is 35.8 Å². The molecule has 5 amide bonds. The van der Waals surface area contributed by atoms with Crippen molar-refractivity contribution in [1.82, 2.24) is 30.1 Å². The summed E-state index contributed by atoms with van der Waals surface area (Å²) in [4.78, 5) is 82.1. The van der Waals surface area contributed by atoms with Gasteiger partial charge in [0.15, 0.2) is 5.72 Å². The summed E-state index contributed by atoms with van der Waals surface area (Å²) in [5.74, 6) is -1.09. The van der Waals surface area contributed by atoms with Crippen LogP contribution in [0.25, 0.3) is 0 Å². The zero-order chi connectivity index (χ0) is 49.5. The number of carbonyl (C=O) groups excluding carboxylic acids is 6. The van der Waals surface area contributed by atoms with Crippen LogP contribution in [0.2, 0.25) is 5.02 Å². The third-order valence-electron chi connectivity index (χ3n) is 12.7. The van der Waals surface area contributed by atoms with Crippen molar-refractivity contribution in [1.29, 1.82) is 0 Å². The van der Waals surface area contributed by atoms with Gasteiger partial charge in [-0.2, -0.15) is 0 Å². The van der Waals surface area contributed by atoms with Crippen LogP contribution in [-0.4, -0.2) is 147 Å². The number of methoxy groups -OCH3 is 2. The number of benzene rings is 1. The summed E-state index contributed by atoms with van der Waals surface area (Å²) in [7, 11) is 9.19. The normalized spacial score (nSPS) is 28.0.